The molecule has 2 heterocycles. The van der Waals surface area contributed by atoms with Crippen LogP contribution < -0.4 is 5.32 Å². The Bertz CT molecular complexity index is 1140. The quantitative estimate of drug-likeness (QED) is 0.672. The van der Waals surface area contributed by atoms with Crippen molar-refractivity contribution in [3.8, 4) is 11.4 Å². The van der Waals surface area contributed by atoms with Crippen LogP contribution in [0.4, 0.5) is 5.69 Å². The Hall–Kier alpha value is -3.04. The number of hydrogen-bond acceptors (Lipinski definition) is 6. The van der Waals surface area contributed by atoms with Crippen LogP contribution in [-0.2, 0) is 14.8 Å². The SMILES string of the molecule is Cc1nc(-c2ccccc2NC(=O)C2CCCN(S(=O)(=O)c3ccccc3)C2)no1. The summed E-state index contributed by atoms with van der Waals surface area (Å²) in [5.41, 5.74) is 1.21. The molecule has 1 aromatic heterocycles. The van der Waals surface area contributed by atoms with Crippen LogP contribution in [0.2, 0.25) is 0 Å². The van der Waals surface area contributed by atoms with Gasteiger partial charge in [-0.3, -0.25) is 4.79 Å². The Morgan fingerprint density at radius 2 is 1.87 bits per heavy atom. The zero-order valence-corrected chi connectivity index (χ0v) is 17.3. The molecule has 4 rings (SSSR count). The molecule has 2 aromatic carbocycles. The van der Waals surface area contributed by atoms with Crippen molar-refractivity contribution >= 4 is 21.6 Å². The van der Waals surface area contributed by atoms with Gasteiger partial charge >= 0.3 is 0 Å². The van der Waals surface area contributed by atoms with Crippen molar-refractivity contribution in [1.82, 2.24) is 14.4 Å². The van der Waals surface area contributed by atoms with E-state index in [1.165, 1.54) is 4.31 Å². The van der Waals surface area contributed by atoms with Crippen molar-refractivity contribution in [2.75, 3.05) is 18.4 Å². The maximum atomic E-state index is 13.0. The number of nitrogens with one attached hydrogen (secondary N) is 1. The molecule has 1 saturated heterocycles. The normalized spacial score (nSPS) is 17.6. The zero-order valence-electron chi connectivity index (χ0n) is 16.5. The molecule has 0 spiro atoms. The van der Waals surface area contributed by atoms with Crippen LogP contribution in [-0.4, -0.2) is 41.9 Å². The van der Waals surface area contributed by atoms with Gasteiger partial charge in [0.1, 0.15) is 0 Å². The molecule has 3 aromatic rings. The minimum atomic E-state index is -3.63. The van der Waals surface area contributed by atoms with Gasteiger partial charge in [-0.25, -0.2) is 8.42 Å². The summed E-state index contributed by atoms with van der Waals surface area (Å²) >= 11 is 0. The highest BCUT2D eigenvalue weighted by Gasteiger charge is 2.33. The summed E-state index contributed by atoms with van der Waals surface area (Å²) in [6.07, 6.45) is 1.24. The van der Waals surface area contributed by atoms with Gasteiger partial charge in [0.25, 0.3) is 0 Å². The molecule has 1 amide bonds. The third kappa shape index (κ3) is 4.12. The van der Waals surface area contributed by atoms with E-state index in [9.17, 15) is 13.2 Å². The van der Waals surface area contributed by atoms with E-state index in [1.807, 2.05) is 6.07 Å². The summed E-state index contributed by atoms with van der Waals surface area (Å²) < 4.78 is 32.3. The third-order valence-corrected chi connectivity index (χ3v) is 6.97. The second kappa shape index (κ2) is 8.37. The smallest absolute Gasteiger partial charge is 0.243 e. The van der Waals surface area contributed by atoms with Crippen LogP contribution in [0, 0.1) is 12.8 Å². The van der Waals surface area contributed by atoms with E-state index in [0.717, 1.165) is 0 Å². The number of nitrogens with zero attached hydrogens (tertiary/aromatic N) is 3. The summed E-state index contributed by atoms with van der Waals surface area (Å²) in [7, 11) is -3.63. The van der Waals surface area contributed by atoms with Crippen molar-refractivity contribution in [3.63, 3.8) is 0 Å². The van der Waals surface area contributed by atoms with Crippen molar-refractivity contribution in [2.45, 2.75) is 24.7 Å². The maximum Gasteiger partial charge on any atom is 0.243 e. The van der Waals surface area contributed by atoms with E-state index in [1.54, 1.807) is 55.5 Å². The van der Waals surface area contributed by atoms with Gasteiger partial charge in [0.05, 0.1) is 16.5 Å². The highest BCUT2D eigenvalue weighted by Crippen LogP contribution is 2.28. The molecule has 1 atom stereocenters. The summed E-state index contributed by atoms with van der Waals surface area (Å²) in [5, 5.41) is 6.84. The van der Waals surface area contributed by atoms with Crippen molar-refractivity contribution in [2.24, 2.45) is 5.92 Å². The highest BCUT2D eigenvalue weighted by atomic mass is 32.2. The number of hydrogen-bond donors (Lipinski definition) is 1. The molecule has 156 valence electrons. The van der Waals surface area contributed by atoms with Crippen molar-refractivity contribution < 1.29 is 17.7 Å². The lowest BCUT2D eigenvalue weighted by atomic mass is 9.98. The van der Waals surface area contributed by atoms with Gasteiger partial charge in [0, 0.05) is 25.6 Å². The van der Waals surface area contributed by atoms with Gasteiger partial charge in [-0.05, 0) is 37.1 Å². The standard InChI is InChI=1S/C21H22N4O4S/c1-15-22-20(24-29-15)18-11-5-6-12-19(18)23-21(26)16-8-7-13-25(14-16)30(27,28)17-9-3-2-4-10-17/h2-6,9-12,16H,7-8,13-14H2,1H3,(H,23,26). The predicted octanol–water partition coefficient (Wildman–Crippen LogP) is 3.08. The zero-order chi connectivity index (χ0) is 21.1. The fourth-order valence-electron chi connectivity index (χ4n) is 3.55. The number of aromatic nitrogens is 2. The molecule has 1 aliphatic rings. The Morgan fingerprint density at radius 1 is 1.13 bits per heavy atom. The average molecular weight is 426 g/mol. The van der Waals surface area contributed by atoms with Gasteiger partial charge in [0.15, 0.2) is 0 Å². The minimum Gasteiger partial charge on any atom is -0.339 e. The summed E-state index contributed by atoms with van der Waals surface area (Å²) in [4.78, 5) is 17.4. The molecule has 1 fully saturated rings. The second-order valence-corrected chi connectivity index (χ2v) is 9.13. The third-order valence-electron chi connectivity index (χ3n) is 5.09. The topological polar surface area (TPSA) is 105 Å². The molecule has 30 heavy (non-hydrogen) atoms. The van der Waals surface area contributed by atoms with Crippen molar-refractivity contribution in [1.29, 1.82) is 0 Å². The van der Waals surface area contributed by atoms with Crippen LogP contribution >= 0.6 is 0 Å². The number of anilines is 1. The first-order valence-corrected chi connectivity index (χ1v) is 11.1. The second-order valence-electron chi connectivity index (χ2n) is 7.19. The van der Waals surface area contributed by atoms with E-state index >= 15 is 0 Å². The highest BCUT2D eigenvalue weighted by molar-refractivity contribution is 7.89. The first kappa shape index (κ1) is 20.2. The van der Waals surface area contributed by atoms with Crippen molar-refractivity contribution in [3.05, 3.63) is 60.5 Å². The van der Waals surface area contributed by atoms with Gasteiger partial charge < -0.3 is 9.84 Å². The number of benzene rings is 2. The van der Waals surface area contributed by atoms with Crippen LogP contribution in [0.25, 0.3) is 11.4 Å². The Morgan fingerprint density at radius 3 is 2.60 bits per heavy atom. The number of para-hydroxylation sites is 1. The molecule has 0 bridgehead atoms. The molecule has 0 saturated carbocycles. The van der Waals surface area contributed by atoms with Gasteiger partial charge in [0.2, 0.25) is 27.6 Å². The number of sulfonamides is 1. The fourth-order valence-corrected chi connectivity index (χ4v) is 5.09. The van der Waals surface area contributed by atoms with Gasteiger partial charge in [-0.1, -0.05) is 35.5 Å². The number of piperidine rings is 1. The van der Waals surface area contributed by atoms with E-state index in [0.29, 0.717) is 42.4 Å². The monoisotopic (exact) mass is 426 g/mol. The molecule has 9 heteroatoms. The average Bonchev–Trinajstić information content (AvgIpc) is 3.21. The van der Waals surface area contributed by atoms with Crippen LogP contribution in [0.5, 0.6) is 0 Å². The lowest BCUT2D eigenvalue weighted by molar-refractivity contribution is -0.120. The lowest BCUT2D eigenvalue weighted by Gasteiger charge is -2.31. The molecule has 0 aliphatic carbocycles. The summed E-state index contributed by atoms with van der Waals surface area (Å²) in [6, 6.07) is 15.5. The maximum absolute atomic E-state index is 13.0. The van der Waals surface area contributed by atoms with E-state index in [2.05, 4.69) is 15.5 Å². The molecule has 1 aliphatic heterocycles. The minimum absolute atomic E-state index is 0.145. The number of amides is 1. The first-order valence-electron chi connectivity index (χ1n) is 9.71. The Balaban J connectivity index is 1.51. The van der Waals surface area contributed by atoms with Gasteiger partial charge in [-0.15, -0.1) is 0 Å². The number of carbonyl (C=O) groups excluding carboxylic acids is 1. The lowest BCUT2D eigenvalue weighted by Crippen LogP contribution is -2.43. The molecular formula is C21H22N4O4S. The molecule has 0 radical (unpaired) electrons. The molecule has 1 N–H and O–H groups in total. The number of rotatable bonds is 5. The Labute approximate surface area is 175 Å². The fraction of sp³-hybridized carbons (Fsp3) is 0.286. The van der Waals surface area contributed by atoms with E-state index in [4.69, 9.17) is 4.52 Å². The number of aryl methyl sites for hydroxylation is 1. The largest absolute Gasteiger partial charge is 0.339 e. The molecular weight excluding hydrogens is 404 g/mol. The summed E-state index contributed by atoms with van der Waals surface area (Å²) in [5.74, 6) is 0.147. The van der Waals surface area contributed by atoms with E-state index < -0.39 is 15.9 Å². The first-order chi connectivity index (χ1) is 14.4. The molecule has 1 unspecified atom stereocenters. The van der Waals surface area contributed by atoms with Crippen LogP contribution in [0.1, 0.15) is 18.7 Å². The predicted molar refractivity (Wildman–Crippen MR) is 111 cm³/mol. The molecule has 8 nitrogen and oxygen atoms in total. The Kier molecular flexibility index (Phi) is 5.65. The van der Waals surface area contributed by atoms with Gasteiger partial charge in [-0.2, -0.15) is 9.29 Å². The van der Waals surface area contributed by atoms with Crippen LogP contribution in [0.15, 0.2) is 64.0 Å². The number of carbonyl (C=O) groups is 1. The summed E-state index contributed by atoms with van der Waals surface area (Å²) in [6.45, 7) is 2.24. The van der Waals surface area contributed by atoms with E-state index in [-0.39, 0.29) is 17.3 Å². The van der Waals surface area contributed by atoms with Crippen LogP contribution in [0.3, 0.4) is 0 Å².